The zero-order valence-corrected chi connectivity index (χ0v) is 15.6. The van der Waals surface area contributed by atoms with E-state index in [2.05, 4.69) is 48.9 Å². The van der Waals surface area contributed by atoms with E-state index in [4.69, 9.17) is 17.0 Å². The van der Waals surface area contributed by atoms with Crippen LogP contribution in [0.4, 0.5) is 10.5 Å². The number of hydrogen-bond acceptors (Lipinski definition) is 3. The molecule has 0 heterocycles. The molecule has 23 heavy (non-hydrogen) atoms. The lowest BCUT2D eigenvalue weighted by molar-refractivity contribution is 0.0529. The Kier molecular flexibility index (Phi) is 6.81. The molecule has 1 amide bonds. The Hall–Kier alpha value is -1.82. The van der Waals surface area contributed by atoms with Crippen molar-refractivity contribution in [1.82, 2.24) is 10.6 Å². The number of aryl methyl sites for hydroxylation is 3. The predicted molar refractivity (Wildman–Crippen MR) is 99.1 cm³/mol. The molecule has 0 bridgehead atoms. The summed E-state index contributed by atoms with van der Waals surface area (Å²) in [6.45, 7) is 12.6. The monoisotopic (exact) mass is 337 g/mol. The van der Waals surface area contributed by atoms with E-state index in [-0.39, 0.29) is 0 Å². The summed E-state index contributed by atoms with van der Waals surface area (Å²) in [5.74, 6) is 0. The molecule has 1 aromatic carbocycles. The van der Waals surface area contributed by atoms with Crippen molar-refractivity contribution in [2.45, 2.75) is 47.1 Å². The van der Waals surface area contributed by atoms with Crippen LogP contribution in [-0.4, -0.2) is 29.9 Å². The number of carbonyl (C=O) groups is 1. The minimum absolute atomic E-state index is 0.427. The van der Waals surface area contributed by atoms with E-state index < -0.39 is 11.7 Å². The molecule has 0 atom stereocenters. The molecule has 1 rings (SSSR count). The van der Waals surface area contributed by atoms with Crippen LogP contribution in [-0.2, 0) is 4.74 Å². The molecule has 0 aliphatic rings. The van der Waals surface area contributed by atoms with Gasteiger partial charge in [-0.05, 0) is 64.9 Å². The standard InChI is InChI=1S/C17H27N3O2S/c1-11-9-12(2)14(13(3)10-11)20-15(23)18-7-8-19-16(21)22-17(4,5)6/h9-10H,7-8H2,1-6H3,(H,19,21)(H2,18,20,23). The van der Waals surface area contributed by atoms with Crippen molar-refractivity contribution in [2.24, 2.45) is 0 Å². The average Bonchev–Trinajstić information content (AvgIpc) is 2.37. The first kappa shape index (κ1) is 19.2. The molecule has 0 radical (unpaired) electrons. The molecule has 0 spiro atoms. The number of amides is 1. The van der Waals surface area contributed by atoms with Crippen molar-refractivity contribution >= 4 is 29.1 Å². The van der Waals surface area contributed by atoms with Crippen molar-refractivity contribution in [3.63, 3.8) is 0 Å². The molecule has 0 aliphatic carbocycles. The van der Waals surface area contributed by atoms with E-state index in [0.29, 0.717) is 18.2 Å². The van der Waals surface area contributed by atoms with Gasteiger partial charge in [0.05, 0.1) is 0 Å². The van der Waals surface area contributed by atoms with Crippen LogP contribution < -0.4 is 16.0 Å². The SMILES string of the molecule is Cc1cc(C)c(NC(=S)NCCNC(=O)OC(C)(C)C)c(C)c1. The normalized spacial score (nSPS) is 10.9. The highest BCUT2D eigenvalue weighted by Crippen LogP contribution is 2.21. The molecule has 0 aliphatic heterocycles. The van der Waals surface area contributed by atoms with Gasteiger partial charge in [0.1, 0.15) is 5.60 Å². The van der Waals surface area contributed by atoms with Gasteiger partial charge in [0.2, 0.25) is 0 Å². The number of rotatable bonds is 4. The Bertz CT molecular complexity index is 557. The number of anilines is 1. The lowest BCUT2D eigenvalue weighted by Crippen LogP contribution is -2.39. The van der Waals surface area contributed by atoms with Gasteiger partial charge in [0.15, 0.2) is 5.11 Å². The summed E-state index contributed by atoms with van der Waals surface area (Å²) < 4.78 is 5.16. The van der Waals surface area contributed by atoms with Crippen molar-refractivity contribution in [2.75, 3.05) is 18.4 Å². The summed E-state index contributed by atoms with van der Waals surface area (Å²) in [5.41, 5.74) is 4.06. The fourth-order valence-electron chi connectivity index (χ4n) is 2.19. The van der Waals surface area contributed by atoms with Crippen LogP contribution in [0.1, 0.15) is 37.5 Å². The van der Waals surface area contributed by atoms with Crippen molar-refractivity contribution in [3.05, 3.63) is 28.8 Å². The Labute approximate surface area is 144 Å². The maximum atomic E-state index is 11.5. The van der Waals surface area contributed by atoms with Crippen LogP contribution in [0.5, 0.6) is 0 Å². The highest BCUT2D eigenvalue weighted by molar-refractivity contribution is 7.80. The van der Waals surface area contributed by atoms with Crippen molar-refractivity contribution in [1.29, 1.82) is 0 Å². The van der Waals surface area contributed by atoms with Gasteiger partial charge in [-0.2, -0.15) is 0 Å². The molecule has 0 saturated heterocycles. The average molecular weight is 337 g/mol. The Morgan fingerprint density at radius 2 is 1.61 bits per heavy atom. The molecule has 128 valence electrons. The van der Waals surface area contributed by atoms with Crippen molar-refractivity contribution in [3.8, 4) is 0 Å². The second kappa shape index (κ2) is 8.15. The van der Waals surface area contributed by atoms with E-state index in [1.165, 1.54) is 5.56 Å². The van der Waals surface area contributed by atoms with Crippen molar-refractivity contribution < 1.29 is 9.53 Å². The fraction of sp³-hybridized carbons (Fsp3) is 0.529. The summed E-state index contributed by atoms with van der Waals surface area (Å²) in [5, 5.41) is 9.49. The number of thiocarbonyl (C=S) groups is 1. The van der Waals surface area contributed by atoms with Gasteiger partial charge < -0.3 is 20.7 Å². The van der Waals surface area contributed by atoms with Crippen LogP contribution in [0.2, 0.25) is 0 Å². The van der Waals surface area contributed by atoms with E-state index in [0.717, 1.165) is 16.8 Å². The number of alkyl carbamates (subject to hydrolysis) is 1. The summed E-state index contributed by atoms with van der Waals surface area (Å²) in [6, 6.07) is 4.23. The molecular formula is C17H27N3O2S. The molecule has 5 nitrogen and oxygen atoms in total. The third-order valence-corrected chi connectivity index (χ3v) is 3.24. The summed E-state index contributed by atoms with van der Waals surface area (Å²) in [6.07, 6.45) is -0.427. The zero-order chi connectivity index (χ0) is 17.6. The van der Waals surface area contributed by atoms with Crippen LogP contribution in [0, 0.1) is 20.8 Å². The number of carbonyl (C=O) groups excluding carboxylic acids is 1. The number of benzene rings is 1. The van der Waals surface area contributed by atoms with Crippen LogP contribution in [0.15, 0.2) is 12.1 Å². The summed E-state index contributed by atoms with van der Waals surface area (Å²) in [4.78, 5) is 11.5. The Morgan fingerprint density at radius 1 is 1.09 bits per heavy atom. The van der Waals surface area contributed by atoms with E-state index >= 15 is 0 Å². The topological polar surface area (TPSA) is 62.4 Å². The molecule has 0 unspecified atom stereocenters. The smallest absolute Gasteiger partial charge is 0.407 e. The minimum Gasteiger partial charge on any atom is -0.444 e. The third kappa shape index (κ3) is 7.32. The second-order valence-corrected chi connectivity index (χ2v) is 6.99. The zero-order valence-electron chi connectivity index (χ0n) is 14.8. The van der Waals surface area contributed by atoms with Gasteiger partial charge in [-0.25, -0.2) is 4.79 Å². The largest absolute Gasteiger partial charge is 0.444 e. The first-order valence-corrected chi connectivity index (χ1v) is 8.09. The lowest BCUT2D eigenvalue weighted by Gasteiger charge is -2.20. The highest BCUT2D eigenvalue weighted by Gasteiger charge is 2.15. The molecule has 1 aromatic rings. The first-order valence-electron chi connectivity index (χ1n) is 7.68. The minimum atomic E-state index is -0.491. The van der Waals surface area contributed by atoms with Crippen LogP contribution in [0.3, 0.4) is 0 Å². The third-order valence-electron chi connectivity index (χ3n) is 2.99. The van der Waals surface area contributed by atoms with E-state index in [1.54, 1.807) is 0 Å². The molecule has 0 saturated carbocycles. The number of ether oxygens (including phenoxy) is 1. The maximum Gasteiger partial charge on any atom is 0.407 e. The predicted octanol–water partition coefficient (Wildman–Crippen LogP) is 3.42. The Morgan fingerprint density at radius 3 is 2.13 bits per heavy atom. The maximum absolute atomic E-state index is 11.5. The van der Waals surface area contributed by atoms with Crippen LogP contribution in [0.25, 0.3) is 0 Å². The number of hydrogen-bond donors (Lipinski definition) is 3. The van der Waals surface area contributed by atoms with Gasteiger partial charge in [-0.3, -0.25) is 0 Å². The lowest BCUT2D eigenvalue weighted by atomic mass is 10.1. The molecule has 6 heteroatoms. The molecule has 0 fully saturated rings. The van der Waals surface area contributed by atoms with Gasteiger partial charge in [0.25, 0.3) is 0 Å². The molecular weight excluding hydrogens is 310 g/mol. The quantitative estimate of drug-likeness (QED) is 0.580. The highest BCUT2D eigenvalue weighted by atomic mass is 32.1. The summed E-state index contributed by atoms with van der Waals surface area (Å²) >= 11 is 5.29. The van der Waals surface area contributed by atoms with E-state index in [9.17, 15) is 4.79 Å². The van der Waals surface area contributed by atoms with E-state index in [1.807, 2.05) is 20.8 Å². The molecule has 3 N–H and O–H groups in total. The first-order chi connectivity index (χ1) is 10.6. The van der Waals surface area contributed by atoms with Gasteiger partial charge >= 0.3 is 6.09 Å². The summed E-state index contributed by atoms with van der Waals surface area (Å²) in [7, 11) is 0. The van der Waals surface area contributed by atoms with Gasteiger partial charge in [-0.1, -0.05) is 17.7 Å². The fourth-order valence-corrected chi connectivity index (χ4v) is 2.39. The van der Waals surface area contributed by atoms with Gasteiger partial charge in [-0.15, -0.1) is 0 Å². The van der Waals surface area contributed by atoms with Crippen LogP contribution >= 0.6 is 12.2 Å². The number of nitrogens with one attached hydrogen (secondary N) is 3. The Balaban J connectivity index is 2.37. The second-order valence-electron chi connectivity index (χ2n) is 6.58. The molecule has 0 aromatic heterocycles. The van der Waals surface area contributed by atoms with Gasteiger partial charge in [0, 0.05) is 18.8 Å².